The second kappa shape index (κ2) is 11.6. The van der Waals surface area contributed by atoms with Gasteiger partial charge in [0, 0.05) is 40.0 Å². The molecule has 12 heteroatoms. The molecule has 0 radical (unpaired) electrons. The highest BCUT2D eigenvalue weighted by atomic mass is 79.9. The number of amides is 1. The van der Waals surface area contributed by atoms with E-state index in [2.05, 4.69) is 21.2 Å². The van der Waals surface area contributed by atoms with Crippen LogP contribution in [0.2, 0.25) is 5.02 Å². The van der Waals surface area contributed by atoms with Crippen molar-refractivity contribution >= 4 is 73.9 Å². The van der Waals surface area contributed by atoms with Crippen LogP contribution in [0.1, 0.15) is 33.0 Å². The number of rotatable bonds is 9. The van der Waals surface area contributed by atoms with E-state index in [9.17, 15) is 31.9 Å². The summed E-state index contributed by atoms with van der Waals surface area (Å²) in [5, 5.41) is 2.65. The van der Waals surface area contributed by atoms with E-state index in [0.29, 0.717) is 0 Å². The maximum Gasteiger partial charge on any atom is 0.296 e. The molecular weight excluding hydrogens is 649 g/mol. The fourth-order valence-corrected chi connectivity index (χ4v) is 5.74. The van der Waals surface area contributed by atoms with Gasteiger partial charge < -0.3 is 5.32 Å². The highest BCUT2D eigenvalue weighted by Gasteiger charge is 2.67. The predicted molar refractivity (Wildman–Crippen MR) is 144 cm³/mol. The predicted octanol–water partition coefficient (Wildman–Crippen LogP) is 7.71. The summed E-state index contributed by atoms with van der Waals surface area (Å²) < 4.78 is 53.5. The Bertz CT molecular complexity index is 1480. The first-order valence-electron chi connectivity index (χ1n) is 11.3. The van der Waals surface area contributed by atoms with Crippen molar-refractivity contribution in [1.82, 2.24) is 0 Å². The summed E-state index contributed by atoms with van der Waals surface area (Å²) >= 11 is 22.3. The van der Waals surface area contributed by atoms with Crippen molar-refractivity contribution < 1.29 is 31.9 Å². The van der Waals surface area contributed by atoms with Crippen molar-refractivity contribution in [3.63, 3.8) is 0 Å². The zero-order valence-corrected chi connectivity index (χ0v) is 23.4. The molecule has 0 aliphatic heterocycles. The third kappa shape index (κ3) is 6.32. The van der Waals surface area contributed by atoms with E-state index >= 15 is 0 Å². The van der Waals surface area contributed by atoms with Crippen molar-refractivity contribution in [3.05, 3.63) is 98.0 Å². The van der Waals surface area contributed by atoms with Crippen molar-refractivity contribution in [2.24, 2.45) is 5.92 Å². The van der Waals surface area contributed by atoms with E-state index in [1.54, 1.807) is 18.2 Å². The summed E-state index contributed by atoms with van der Waals surface area (Å²) in [4.78, 5) is 37.3. The van der Waals surface area contributed by atoms with Crippen LogP contribution in [-0.4, -0.2) is 28.2 Å². The van der Waals surface area contributed by atoms with Gasteiger partial charge in [0.2, 0.25) is 11.7 Å². The Morgan fingerprint density at radius 2 is 1.72 bits per heavy atom. The van der Waals surface area contributed by atoms with Gasteiger partial charge in [0.15, 0.2) is 5.78 Å². The third-order valence-corrected chi connectivity index (χ3v) is 8.05. The van der Waals surface area contributed by atoms with E-state index in [4.69, 9.17) is 34.8 Å². The average Bonchev–Trinajstić information content (AvgIpc) is 3.46. The molecule has 3 aromatic carbocycles. The number of Topliss-reactive ketones (excluding diaryl/α,β-unsaturated/α-hetero) is 2. The molecule has 0 spiro atoms. The van der Waals surface area contributed by atoms with Gasteiger partial charge in [0.1, 0.15) is 16.0 Å². The highest BCUT2D eigenvalue weighted by Crippen LogP contribution is 2.65. The van der Waals surface area contributed by atoms with E-state index in [-0.39, 0.29) is 21.8 Å². The lowest BCUT2D eigenvalue weighted by molar-refractivity contribution is -0.128. The van der Waals surface area contributed by atoms with Gasteiger partial charge in [-0.25, -0.2) is 17.6 Å². The number of carbonyl (C=O) groups is 3. The average molecular weight is 666 g/mol. The fraction of sp³-hybridized carbons (Fsp3) is 0.222. The van der Waals surface area contributed by atoms with Gasteiger partial charge in [-0.2, -0.15) is 0 Å². The molecule has 3 aromatic rings. The zero-order valence-electron chi connectivity index (χ0n) is 19.6. The summed E-state index contributed by atoms with van der Waals surface area (Å²) in [7, 11) is 0. The molecule has 39 heavy (non-hydrogen) atoms. The first-order chi connectivity index (χ1) is 18.3. The molecule has 4 nitrogen and oxygen atoms in total. The highest BCUT2D eigenvalue weighted by molar-refractivity contribution is 9.10. The Balaban J connectivity index is 1.51. The van der Waals surface area contributed by atoms with Crippen LogP contribution in [0.4, 0.5) is 23.2 Å². The Hall–Kier alpha value is -2.46. The van der Waals surface area contributed by atoms with Crippen molar-refractivity contribution in [2.75, 3.05) is 5.32 Å². The Labute approximate surface area is 243 Å². The Morgan fingerprint density at radius 3 is 2.38 bits per heavy atom. The minimum atomic E-state index is -3.39. The first-order valence-corrected chi connectivity index (χ1v) is 13.3. The molecule has 1 amide bonds. The molecule has 2 unspecified atom stereocenters. The molecule has 0 aromatic heterocycles. The molecule has 1 saturated carbocycles. The molecule has 0 heterocycles. The summed E-state index contributed by atoms with van der Waals surface area (Å²) in [6, 6.07) is 13.1. The number of hydrogen-bond acceptors (Lipinski definition) is 3. The van der Waals surface area contributed by atoms with Crippen LogP contribution in [-0.2, 0) is 22.4 Å². The molecule has 0 saturated heterocycles. The zero-order chi connectivity index (χ0) is 28.6. The lowest BCUT2D eigenvalue weighted by Crippen LogP contribution is -2.18. The molecule has 1 aliphatic rings. The van der Waals surface area contributed by atoms with Gasteiger partial charge in [-0.05, 0) is 47.5 Å². The topological polar surface area (TPSA) is 63.2 Å². The van der Waals surface area contributed by atoms with Gasteiger partial charge in [-0.3, -0.25) is 14.4 Å². The summed E-state index contributed by atoms with van der Waals surface area (Å²) in [5.74, 6) is -6.56. The van der Waals surface area contributed by atoms with Crippen LogP contribution < -0.4 is 5.32 Å². The minimum absolute atomic E-state index is 0.00362. The van der Waals surface area contributed by atoms with Gasteiger partial charge >= 0.3 is 0 Å². The van der Waals surface area contributed by atoms with E-state index in [1.807, 2.05) is 6.07 Å². The van der Waals surface area contributed by atoms with Crippen LogP contribution in [0.3, 0.4) is 0 Å². The molecule has 2 atom stereocenters. The molecule has 1 N–H and O–H groups in total. The lowest BCUT2D eigenvalue weighted by atomic mass is 9.98. The van der Waals surface area contributed by atoms with Gasteiger partial charge in [0.05, 0.1) is 10.9 Å². The molecule has 1 fully saturated rings. The minimum Gasteiger partial charge on any atom is -0.326 e. The Morgan fingerprint density at radius 1 is 1.00 bits per heavy atom. The second-order valence-electron chi connectivity index (χ2n) is 8.91. The number of nitrogens with one attached hydrogen (secondary N) is 1. The van der Waals surface area contributed by atoms with Gasteiger partial charge in [-0.15, -0.1) is 23.2 Å². The van der Waals surface area contributed by atoms with Gasteiger partial charge in [-0.1, -0.05) is 45.7 Å². The quantitative estimate of drug-likeness (QED) is 0.145. The van der Waals surface area contributed by atoms with E-state index in [0.717, 1.165) is 22.2 Å². The molecule has 1 aliphatic carbocycles. The van der Waals surface area contributed by atoms with Crippen LogP contribution in [0.5, 0.6) is 0 Å². The Kier molecular flexibility index (Phi) is 8.76. The number of benzene rings is 3. The smallest absolute Gasteiger partial charge is 0.296 e. The van der Waals surface area contributed by atoms with Crippen LogP contribution in [0, 0.1) is 17.6 Å². The van der Waals surface area contributed by atoms with Crippen LogP contribution in [0.25, 0.3) is 0 Å². The maximum absolute atomic E-state index is 14.8. The normalized spacial score (nSPS) is 17.7. The molecule has 4 rings (SSSR count). The van der Waals surface area contributed by atoms with Gasteiger partial charge in [0.25, 0.3) is 6.43 Å². The monoisotopic (exact) mass is 663 g/mol. The SMILES string of the molecule is O=C(Cc1ccc(F)c(CC(=O)C(F)F)c1F)c1cc(NC(=O)C2C(c3cccc(Br)c3)C2(Cl)Cl)ccc1Cl. The fourth-order valence-electron chi connectivity index (χ4n) is 4.27. The maximum atomic E-state index is 14.8. The number of ketones is 2. The number of hydrogen-bond donors (Lipinski definition) is 1. The van der Waals surface area contributed by atoms with Crippen LogP contribution in [0.15, 0.2) is 59.1 Å². The third-order valence-electron chi connectivity index (χ3n) is 6.29. The number of halogens is 8. The first kappa shape index (κ1) is 29.5. The number of alkyl halides is 4. The molecule has 0 bridgehead atoms. The van der Waals surface area contributed by atoms with E-state index < -0.39 is 70.1 Å². The largest absolute Gasteiger partial charge is 0.326 e. The molecular formula is C27H17BrCl3F4NO3. The second-order valence-corrected chi connectivity index (χ2v) is 11.7. The van der Waals surface area contributed by atoms with Crippen molar-refractivity contribution in [1.29, 1.82) is 0 Å². The standard InChI is InChI=1S/C27H17BrCl3F4NO3/c28-14-3-1-2-12(8-14)22-23(27(22,30)31)26(39)36-15-5-6-18(29)16(10-15)20(37)9-13-4-7-19(32)17(24(13)33)11-21(38)25(34)35/h1-8,10,22-23,25H,9,11H2,(H,36,39). The number of carbonyl (C=O) groups excluding carboxylic acids is 3. The summed E-state index contributed by atoms with van der Waals surface area (Å²) in [6.45, 7) is 0. The lowest BCUT2D eigenvalue weighted by Gasteiger charge is -2.11. The molecule has 204 valence electrons. The van der Waals surface area contributed by atoms with Crippen LogP contribution >= 0.6 is 50.7 Å². The van der Waals surface area contributed by atoms with E-state index in [1.165, 1.54) is 18.2 Å². The number of anilines is 1. The summed E-state index contributed by atoms with van der Waals surface area (Å²) in [6.07, 6.45) is -5.17. The summed E-state index contributed by atoms with van der Waals surface area (Å²) in [5.41, 5.74) is -0.289. The van der Waals surface area contributed by atoms with Crippen molar-refractivity contribution in [3.8, 4) is 0 Å². The van der Waals surface area contributed by atoms with Crippen molar-refractivity contribution in [2.45, 2.75) is 29.5 Å².